The molecule has 0 spiro atoms. The number of carbonyl (C=O) groups is 1. The molecule has 3 heterocycles. The second-order valence-corrected chi connectivity index (χ2v) is 9.45. The van der Waals surface area contributed by atoms with Crippen molar-refractivity contribution in [1.29, 1.82) is 0 Å². The first-order valence-electron chi connectivity index (χ1n) is 10.8. The summed E-state index contributed by atoms with van der Waals surface area (Å²) in [5.74, 6) is 4.71. The van der Waals surface area contributed by atoms with E-state index in [1.807, 2.05) is 13.8 Å². The molecule has 2 aliphatic heterocycles. The molecule has 32 heavy (non-hydrogen) atoms. The monoisotopic (exact) mass is 445 g/mol. The highest BCUT2D eigenvalue weighted by molar-refractivity contribution is 5.97. The number of fused-ring (bicyclic) bond motifs is 1. The highest BCUT2D eigenvalue weighted by Gasteiger charge is 2.41. The number of nitrogens with two attached hydrogens (primary N) is 1. The summed E-state index contributed by atoms with van der Waals surface area (Å²) in [5, 5.41) is 3.36. The molecule has 1 fully saturated rings. The second kappa shape index (κ2) is 8.29. The van der Waals surface area contributed by atoms with Gasteiger partial charge in [-0.2, -0.15) is 0 Å². The number of piperazine rings is 1. The number of benzene rings is 1. The molecule has 0 radical (unpaired) electrons. The van der Waals surface area contributed by atoms with Gasteiger partial charge in [0.2, 0.25) is 5.91 Å². The van der Waals surface area contributed by atoms with Gasteiger partial charge in [0.25, 0.3) is 5.56 Å². The van der Waals surface area contributed by atoms with Crippen LogP contribution >= 0.6 is 0 Å². The fraction of sp³-hybridized carbons (Fsp3) is 0.478. The standard InChI is InChI=1S/C23H29F2N5O2/c1-14-11-28(7-6-27-14)12-20(31)29-13-23(2,3)21-19(29)9-16(22(32)30(21)26)8-15-4-5-17(24)10-18(15)25/h4-5,9-10,14,27H,6-8,11-13,26H2,1-3H3/t14-/m1/s1. The van der Waals surface area contributed by atoms with E-state index in [1.54, 1.807) is 11.0 Å². The molecule has 1 amide bonds. The molecule has 9 heteroatoms. The van der Waals surface area contributed by atoms with Crippen molar-refractivity contribution in [2.45, 2.75) is 38.6 Å². The van der Waals surface area contributed by atoms with Crippen LogP contribution in [0.4, 0.5) is 14.5 Å². The maximum absolute atomic E-state index is 14.2. The van der Waals surface area contributed by atoms with Crippen molar-refractivity contribution in [3.63, 3.8) is 0 Å². The van der Waals surface area contributed by atoms with Crippen molar-refractivity contribution in [2.75, 3.05) is 43.5 Å². The molecule has 1 aromatic heterocycles. The van der Waals surface area contributed by atoms with Crippen molar-refractivity contribution in [1.82, 2.24) is 14.9 Å². The number of nitrogens with zero attached hydrogens (tertiary/aromatic N) is 3. The quantitative estimate of drug-likeness (QED) is 0.695. The van der Waals surface area contributed by atoms with Crippen LogP contribution in [0.5, 0.6) is 0 Å². The molecule has 0 aliphatic carbocycles. The molecular formula is C23H29F2N5O2. The third-order valence-corrected chi connectivity index (χ3v) is 6.28. The van der Waals surface area contributed by atoms with Gasteiger partial charge in [-0.05, 0) is 24.6 Å². The number of rotatable bonds is 4. The second-order valence-electron chi connectivity index (χ2n) is 9.45. The molecule has 172 valence electrons. The number of carbonyl (C=O) groups excluding carboxylic acids is 1. The Kier molecular flexibility index (Phi) is 5.81. The summed E-state index contributed by atoms with van der Waals surface area (Å²) in [4.78, 5) is 30.0. The summed E-state index contributed by atoms with van der Waals surface area (Å²) in [6, 6.07) is 5.20. The number of halogens is 2. The highest BCUT2D eigenvalue weighted by atomic mass is 19.1. The molecule has 3 N–H and O–H groups in total. The number of nitrogens with one attached hydrogen (secondary N) is 1. The van der Waals surface area contributed by atoms with Crippen LogP contribution in [0.3, 0.4) is 0 Å². The Labute approximate surface area is 185 Å². The first-order chi connectivity index (χ1) is 15.1. The maximum Gasteiger partial charge on any atom is 0.272 e. The van der Waals surface area contributed by atoms with Gasteiger partial charge in [-0.3, -0.25) is 14.5 Å². The van der Waals surface area contributed by atoms with E-state index in [2.05, 4.69) is 17.1 Å². The van der Waals surface area contributed by atoms with Gasteiger partial charge in [0.1, 0.15) is 11.6 Å². The summed E-state index contributed by atoms with van der Waals surface area (Å²) in [7, 11) is 0. The maximum atomic E-state index is 14.2. The molecule has 2 aromatic rings. The van der Waals surface area contributed by atoms with Crippen LogP contribution in [0.25, 0.3) is 0 Å². The Hall–Kier alpha value is -2.78. The number of pyridine rings is 1. The van der Waals surface area contributed by atoms with Crippen molar-refractivity contribution in [3.05, 3.63) is 63.1 Å². The first kappa shape index (κ1) is 22.4. The number of aromatic nitrogens is 1. The lowest BCUT2D eigenvalue weighted by Gasteiger charge is -2.32. The smallest absolute Gasteiger partial charge is 0.272 e. The van der Waals surface area contributed by atoms with E-state index >= 15 is 0 Å². The molecule has 4 rings (SSSR count). The van der Waals surface area contributed by atoms with Crippen LogP contribution in [-0.4, -0.2) is 54.2 Å². The van der Waals surface area contributed by atoms with Gasteiger partial charge in [-0.1, -0.05) is 19.9 Å². The Balaban J connectivity index is 1.68. The third kappa shape index (κ3) is 4.14. The molecule has 2 aliphatic rings. The average Bonchev–Trinajstić information content (AvgIpc) is 2.98. The number of amides is 1. The lowest BCUT2D eigenvalue weighted by Crippen LogP contribution is -2.52. The van der Waals surface area contributed by atoms with Crippen molar-refractivity contribution >= 4 is 11.6 Å². The third-order valence-electron chi connectivity index (χ3n) is 6.28. The molecule has 0 bridgehead atoms. The minimum Gasteiger partial charge on any atom is -0.336 e. The predicted octanol–water partition coefficient (Wildman–Crippen LogP) is 1.35. The molecule has 1 atom stereocenters. The summed E-state index contributed by atoms with van der Waals surface area (Å²) >= 11 is 0. The van der Waals surface area contributed by atoms with Gasteiger partial charge in [-0.25, -0.2) is 13.5 Å². The Morgan fingerprint density at radius 3 is 2.69 bits per heavy atom. The van der Waals surface area contributed by atoms with Crippen LogP contribution in [0, 0.1) is 11.6 Å². The number of hydrogen-bond acceptors (Lipinski definition) is 5. The zero-order valence-corrected chi connectivity index (χ0v) is 18.6. The summed E-state index contributed by atoms with van der Waals surface area (Å²) in [6.07, 6.45) is -0.0484. The minimum atomic E-state index is -0.727. The fourth-order valence-electron chi connectivity index (χ4n) is 4.76. The van der Waals surface area contributed by atoms with Crippen LogP contribution in [0.2, 0.25) is 0 Å². The Bertz CT molecular complexity index is 1110. The molecule has 7 nitrogen and oxygen atoms in total. The molecule has 0 unspecified atom stereocenters. The van der Waals surface area contributed by atoms with E-state index in [9.17, 15) is 18.4 Å². The summed E-state index contributed by atoms with van der Waals surface area (Å²) in [6.45, 7) is 9.02. The van der Waals surface area contributed by atoms with Gasteiger partial charge in [0.05, 0.1) is 17.9 Å². The lowest BCUT2D eigenvalue weighted by molar-refractivity contribution is -0.120. The van der Waals surface area contributed by atoms with Crippen molar-refractivity contribution in [2.24, 2.45) is 0 Å². The SMILES string of the molecule is C[C@@H]1CN(CC(=O)N2CC(C)(C)c3c2cc(Cc2ccc(F)cc2F)c(=O)n3N)CCN1. The fourth-order valence-corrected chi connectivity index (χ4v) is 4.76. The lowest BCUT2D eigenvalue weighted by atomic mass is 9.90. The van der Waals surface area contributed by atoms with E-state index in [0.717, 1.165) is 36.4 Å². The predicted molar refractivity (Wildman–Crippen MR) is 119 cm³/mol. The van der Waals surface area contributed by atoms with Gasteiger partial charge in [0.15, 0.2) is 0 Å². The highest BCUT2D eigenvalue weighted by Crippen LogP contribution is 2.39. The van der Waals surface area contributed by atoms with E-state index in [-0.39, 0.29) is 30.0 Å². The van der Waals surface area contributed by atoms with Crippen molar-refractivity contribution in [3.8, 4) is 0 Å². The Morgan fingerprint density at radius 1 is 1.25 bits per heavy atom. The topological polar surface area (TPSA) is 83.6 Å². The van der Waals surface area contributed by atoms with Crippen molar-refractivity contribution < 1.29 is 13.6 Å². The summed E-state index contributed by atoms with van der Waals surface area (Å²) < 4.78 is 28.6. The average molecular weight is 446 g/mol. The zero-order valence-electron chi connectivity index (χ0n) is 18.6. The van der Waals surface area contributed by atoms with Gasteiger partial charge >= 0.3 is 0 Å². The Morgan fingerprint density at radius 2 is 2.00 bits per heavy atom. The number of hydrogen-bond donors (Lipinski definition) is 2. The van der Waals surface area contributed by atoms with Gasteiger partial charge in [-0.15, -0.1) is 0 Å². The van der Waals surface area contributed by atoms with E-state index in [4.69, 9.17) is 5.84 Å². The van der Waals surface area contributed by atoms with E-state index in [0.29, 0.717) is 24.0 Å². The van der Waals surface area contributed by atoms with E-state index in [1.165, 1.54) is 6.07 Å². The molecule has 1 aromatic carbocycles. The number of anilines is 1. The molecule has 1 saturated heterocycles. The van der Waals surface area contributed by atoms with Gasteiger partial charge in [0, 0.05) is 55.7 Å². The summed E-state index contributed by atoms with van der Waals surface area (Å²) in [5.41, 5.74) is 0.618. The van der Waals surface area contributed by atoms with Crippen LogP contribution in [0.15, 0.2) is 29.1 Å². The molecular weight excluding hydrogens is 416 g/mol. The zero-order chi connectivity index (χ0) is 23.2. The largest absolute Gasteiger partial charge is 0.336 e. The number of nitrogen functional groups attached to an aromatic ring is 1. The van der Waals surface area contributed by atoms with E-state index < -0.39 is 22.6 Å². The normalized spacial score (nSPS) is 20.4. The van der Waals surface area contributed by atoms with Crippen LogP contribution in [0.1, 0.15) is 37.6 Å². The first-order valence-corrected chi connectivity index (χ1v) is 10.8. The minimum absolute atomic E-state index is 0.0484. The van der Waals surface area contributed by atoms with Crippen LogP contribution < -0.4 is 21.6 Å². The van der Waals surface area contributed by atoms with Gasteiger partial charge < -0.3 is 16.1 Å². The van der Waals surface area contributed by atoms with Crippen LogP contribution in [-0.2, 0) is 16.6 Å². The molecule has 0 saturated carbocycles.